The second kappa shape index (κ2) is 11.8. The van der Waals surface area contributed by atoms with Gasteiger partial charge >= 0.3 is 5.97 Å². The van der Waals surface area contributed by atoms with Gasteiger partial charge in [0.15, 0.2) is 0 Å². The van der Waals surface area contributed by atoms with Crippen LogP contribution in [0.25, 0.3) is 11.5 Å². The van der Waals surface area contributed by atoms with E-state index in [2.05, 4.69) is 4.98 Å². The van der Waals surface area contributed by atoms with Gasteiger partial charge in [-0.15, -0.1) is 0 Å². The van der Waals surface area contributed by atoms with Crippen molar-refractivity contribution in [2.75, 3.05) is 19.7 Å². The first-order valence-corrected chi connectivity index (χ1v) is 13.0. The molecule has 0 unspecified atom stereocenters. The molecule has 198 valence electrons. The van der Waals surface area contributed by atoms with E-state index in [9.17, 15) is 14.7 Å². The number of amides is 1. The zero-order valence-corrected chi connectivity index (χ0v) is 21.8. The molecule has 1 aromatic heterocycles. The van der Waals surface area contributed by atoms with Gasteiger partial charge in [-0.25, -0.2) is 9.78 Å². The van der Waals surface area contributed by atoms with Crippen molar-refractivity contribution in [3.05, 3.63) is 119 Å². The van der Waals surface area contributed by atoms with E-state index in [1.807, 2.05) is 91.9 Å². The third-order valence-electron chi connectivity index (χ3n) is 6.80. The molecule has 5 rings (SSSR count). The van der Waals surface area contributed by atoms with Gasteiger partial charge in [0.25, 0.3) is 0 Å². The molecule has 0 spiro atoms. The third kappa shape index (κ3) is 6.44. The number of oxazole rings is 1. The largest absolute Gasteiger partial charge is 0.493 e. The van der Waals surface area contributed by atoms with Crippen LogP contribution >= 0.6 is 0 Å². The maximum Gasteiger partial charge on any atom is 0.333 e. The lowest BCUT2D eigenvalue weighted by Gasteiger charge is -2.17. The number of nitrogens with zero attached hydrogens (tertiary/aromatic N) is 2. The number of aryl methyl sites for hydroxylation is 1. The normalized spacial score (nSPS) is 13.1. The average molecular weight is 523 g/mol. The average Bonchev–Trinajstić information content (AvgIpc) is 3.54. The first-order chi connectivity index (χ1) is 19.0. The molecule has 0 fully saturated rings. The predicted octanol–water partition coefficient (Wildman–Crippen LogP) is 5.28. The van der Waals surface area contributed by atoms with E-state index in [0.29, 0.717) is 43.2 Å². The SMILES string of the molecule is Cc1oc(-c2ccccc2)nc1CCOc1cccc(CC2=C(C(=O)O)CN(C(=O)Cc3ccccc3)C2)c1. The standard InChI is InChI=1S/C32H30N2O5/c1-22-29(33-31(39-22)25-12-6-3-7-13-25)15-16-38-27-14-8-11-24(18-27)17-26-20-34(21-28(26)32(36)37)30(35)19-23-9-4-2-5-10-23/h2-14,18H,15-17,19-21H2,1H3,(H,36,37). The van der Waals surface area contributed by atoms with Gasteiger partial charge in [-0.05, 0) is 54.3 Å². The molecule has 1 amide bonds. The summed E-state index contributed by atoms with van der Waals surface area (Å²) in [7, 11) is 0. The van der Waals surface area contributed by atoms with Crippen LogP contribution in [-0.4, -0.2) is 46.6 Å². The highest BCUT2D eigenvalue weighted by molar-refractivity contribution is 5.91. The van der Waals surface area contributed by atoms with Crippen LogP contribution < -0.4 is 4.74 Å². The summed E-state index contributed by atoms with van der Waals surface area (Å²) in [6.07, 6.45) is 1.29. The van der Waals surface area contributed by atoms with Gasteiger partial charge < -0.3 is 19.2 Å². The second-order valence-corrected chi connectivity index (χ2v) is 9.61. The van der Waals surface area contributed by atoms with Crippen molar-refractivity contribution in [3.8, 4) is 17.2 Å². The Balaban J connectivity index is 1.19. The molecule has 4 aromatic rings. The Kier molecular flexibility index (Phi) is 7.87. The van der Waals surface area contributed by atoms with E-state index in [1.165, 1.54) is 0 Å². The predicted molar refractivity (Wildman–Crippen MR) is 147 cm³/mol. The van der Waals surface area contributed by atoms with Gasteiger partial charge in [0.2, 0.25) is 11.8 Å². The Labute approximate surface area is 227 Å². The van der Waals surface area contributed by atoms with Crippen LogP contribution in [0.15, 0.2) is 100 Å². The highest BCUT2D eigenvalue weighted by Gasteiger charge is 2.29. The Morgan fingerprint density at radius 1 is 0.949 bits per heavy atom. The van der Waals surface area contributed by atoms with Gasteiger partial charge in [-0.3, -0.25) is 4.79 Å². The van der Waals surface area contributed by atoms with Crippen molar-refractivity contribution >= 4 is 11.9 Å². The van der Waals surface area contributed by atoms with E-state index in [1.54, 1.807) is 4.90 Å². The Morgan fingerprint density at radius 3 is 2.41 bits per heavy atom. The van der Waals surface area contributed by atoms with Crippen molar-refractivity contribution in [2.45, 2.75) is 26.2 Å². The number of rotatable bonds is 10. The number of ether oxygens (including phenoxy) is 1. The highest BCUT2D eigenvalue weighted by atomic mass is 16.5. The van der Waals surface area contributed by atoms with Crippen LogP contribution in [0.3, 0.4) is 0 Å². The minimum Gasteiger partial charge on any atom is -0.493 e. The summed E-state index contributed by atoms with van der Waals surface area (Å²) in [4.78, 5) is 31.1. The zero-order valence-electron chi connectivity index (χ0n) is 21.8. The number of hydrogen-bond acceptors (Lipinski definition) is 5. The van der Waals surface area contributed by atoms with Crippen LogP contribution in [0.2, 0.25) is 0 Å². The van der Waals surface area contributed by atoms with Crippen LogP contribution in [0.5, 0.6) is 5.75 Å². The van der Waals surface area contributed by atoms with Crippen molar-refractivity contribution in [2.24, 2.45) is 0 Å². The van der Waals surface area contributed by atoms with Crippen LogP contribution in [0.1, 0.15) is 22.6 Å². The monoisotopic (exact) mass is 522 g/mol. The molecular weight excluding hydrogens is 492 g/mol. The number of carbonyl (C=O) groups is 2. The molecule has 0 saturated carbocycles. The molecule has 39 heavy (non-hydrogen) atoms. The fraction of sp³-hybridized carbons (Fsp3) is 0.219. The topological polar surface area (TPSA) is 92.9 Å². The number of hydrogen-bond donors (Lipinski definition) is 1. The van der Waals surface area contributed by atoms with Crippen LogP contribution in [0, 0.1) is 6.92 Å². The summed E-state index contributed by atoms with van der Waals surface area (Å²) in [6, 6.07) is 26.9. The molecule has 2 heterocycles. The Hall–Kier alpha value is -4.65. The molecule has 0 atom stereocenters. The van der Waals surface area contributed by atoms with Crippen LogP contribution in [0.4, 0.5) is 0 Å². The number of carbonyl (C=O) groups excluding carboxylic acids is 1. The molecule has 7 heteroatoms. The van der Waals surface area contributed by atoms with Gasteiger partial charge in [-0.2, -0.15) is 0 Å². The molecule has 0 saturated heterocycles. The van der Waals surface area contributed by atoms with E-state index in [-0.39, 0.29) is 18.9 Å². The van der Waals surface area contributed by atoms with Crippen molar-refractivity contribution < 1.29 is 23.8 Å². The summed E-state index contributed by atoms with van der Waals surface area (Å²) < 4.78 is 11.8. The molecule has 0 radical (unpaired) electrons. The van der Waals surface area contributed by atoms with Crippen molar-refractivity contribution in [1.29, 1.82) is 0 Å². The molecule has 1 N–H and O–H groups in total. The minimum absolute atomic E-state index is 0.0781. The smallest absolute Gasteiger partial charge is 0.333 e. The molecule has 0 bridgehead atoms. The number of carboxylic acids is 1. The van der Waals surface area contributed by atoms with Gasteiger partial charge in [0.1, 0.15) is 11.5 Å². The lowest BCUT2D eigenvalue weighted by Crippen LogP contribution is -2.31. The molecule has 3 aromatic carbocycles. The number of aliphatic carboxylic acids is 1. The van der Waals surface area contributed by atoms with E-state index >= 15 is 0 Å². The fourth-order valence-electron chi connectivity index (χ4n) is 4.75. The Bertz CT molecular complexity index is 1490. The van der Waals surface area contributed by atoms with Gasteiger partial charge in [0, 0.05) is 18.5 Å². The van der Waals surface area contributed by atoms with Crippen molar-refractivity contribution in [3.63, 3.8) is 0 Å². The molecular formula is C32H30N2O5. The molecule has 1 aliphatic rings. The van der Waals surface area contributed by atoms with E-state index in [4.69, 9.17) is 9.15 Å². The van der Waals surface area contributed by atoms with Crippen molar-refractivity contribution in [1.82, 2.24) is 9.88 Å². The minimum atomic E-state index is -0.981. The van der Waals surface area contributed by atoms with Gasteiger partial charge in [-0.1, -0.05) is 60.7 Å². The second-order valence-electron chi connectivity index (χ2n) is 9.61. The maximum atomic E-state index is 12.9. The zero-order chi connectivity index (χ0) is 27.2. The molecule has 0 aliphatic carbocycles. The number of aromatic nitrogens is 1. The van der Waals surface area contributed by atoms with Crippen LogP contribution in [-0.2, 0) is 28.9 Å². The number of benzene rings is 3. The summed E-state index contributed by atoms with van der Waals surface area (Å²) in [6.45, 7) is 2.76. The lowest BCUT2D eigenvalue weighted by atomic mass is 10.0. The lowest BCUT2D eigenvalue weighted by molar-refractivity contribution is -0.133. The Morgan fingerprint density at radius 2 is 1.67 bits per heavy atom. The quantitative estimate of drug-likeness (QED) is 0.305. The first-order valence-electron chi connectivity index (χ1n) is 13.0. The van der Waals surface area contributed by atoms with E-state index in [0.717, 1.165) is 33.7 Å². The summed E-state index contributed by atoms with van der Waals surface area (Å²) in [5.74, 6) is 1.01. The summed E-state index contributed by atoms with van der Waals surface area (Å²) in [5.41, 5.74) is 4.67. The van der Waals surface area contributed by atoms with Gasteiger partial charge in [0.05, 0.1) is 30.8 Å². The molecule has 7 nitrogen and oxygen atoms in total. The molecule has 1 aliphatic heterocycles. The highest BCUT2D eigenvalue weighted by Crippen LogP contribution is 2.25. The fourth-order valence-corrected chi connectivity index (χ4v) is 4.75. The maximum absolute atomic E-state index is 12.9. The first kappa shape index (κ1) is 26.0. The third-order valence-corrected chi connectivity index (χ3v) is 6.80. The number of carboxylic acid groups (broad SMARTS) is 1. The van der Waals surface area contributed by atoms with E-state index < -0.39 is 5.97 Å². The summed E-state index contributed by atoms with van der Waals surface area (Å²) in [5, 5.41) is 9.79. The summed E-state index contributed by atoms with van der Waals surface area (Å²) >= 11 is 0.